The Balaban J connectivity index is 1.66. The lowest BCUT2D eigenvalue weighted by atomic mass is 9.63. The molecule has 4 aliphatic rings. The first-order chi connectivity index (χ1) is 9.25. The lowest BCUT2D eigenvalue weighted by molar-refractivity contribution is -0.141. The van der Waals surface area contributed by atoms with Crippen LogP contribution in [0.25, 0.3) is 0 Å². The molecule has 2 bridgehead atoms. The molecule has 0 spiro atoms. The van der Waals surface area contributed by atoms with Gasteiger partial charge in [-0.2, -0.15) is 0 Å². The van der Waals surface area contributed by atoms with Crippen LogP contribution < -0.4 is 0 Å². The standard InChI is InChI=1S/C15H15NO3/c17-14-12-9-3-4-10(6-5-9)13(12)15(18)16(14)8-11-2-1-7-19-11/h1-4,7,9-10,12-13H,5-6,8H2/t9-,10-,12-,13+/m1/s1. The molecule has 0 unspecified atom stereocenters. The van der Waals surface area contributed by atoms with Crippen LogP contribution in [0.1, 0.15) is 18.6 Å². The van der Waals surface area contributed by atoms with Gasteiger partial charge in [-0.15, -0.1) is 0 Å². The molecule has 4 heteroatoms. The largest absolute Gasteiger partial charge is 0.467 e. The first kappa shape index (κ1) is 11.0. The highest BCUT2D eigenvalue weighted by Gasteiger charge is 2.56. The number of fused-ring (bicyclic) bond motifs is 1. The van der Waals surface area contributed by atoms with Crippen molar-refractivity contribution in [1.29, 1.82) is 0 Å². The summed E-state index contributed by atoms with van der Waals surface area (Å²) in [7, 11) is 0. The Kier molecular flexibility index (Phi) is 2.22. The maximum Gasteiger partial charge on any atom is 0.234 e. The van der Waals surface area contributed by atoms with Gasteiger partial charge >= 0.3 is 0 Å². The lowest BCUT2D eigenvalue weighted by Gasteiger charge is -2.38. The Bertz CT molecular complexity index is 528. The van der Waals surface area contributed by atoms with Crippen molar-refractivity contribution in [2.75, 3.05) is 0 Å². The molecule has 1 aromatic heterocycles. The zero-order valence-corrected chi connectivity index (χ0v) is 10.5. The molecule has 1 aromatic rings. The van der Waals surface area contributed by atoms with Crippen molar-refractivity contribution in [3.63, 3.8) is 0 Å². The molecule has 4 atom stereocenters. The molecule has 1 aliphatic heterocycles. The molecule has 19 heavy (non-hydrogen) atoms. The van der Waals surface area contributed by atoms with Crippen molar-refractivity contribution in [1.82, 2.24) is 4.90 Å². The lowest BCUT2D eigenvalue weighted by Crippen LogP contribution is -2.38. The van der Waals surface area contributed by atoms with Gasteiger partial charge in [0.25, 0.3) is 0 Å². The van der Waals surface area contributed by atoms with Crippen molar-refractivity contribution in [2.24, 2.45) is 23.7 Å². The summed E-state index contributed by atoms with van der Waals surface area (Å²) in [4.78, 5) is 26.4. The van der Waals surface area contributed by atoms with Crippen LogP contribution in [0.4, 0.5) is 0 Å². The number of allylic oxidation sites excluding steroid dienone is 2. The number of nitrogens with zero attached hydrogens (tertiary/aromatic N) is 1. The van der Waals surface area contributed by atoms with Crippen LogP contribution >= 0.6 is 0 Å². The maximum atomic E-state index is 12.5. The molecule has 5 rings (SSSR count). The molecule has 4 nitrogen and oxygen atoms in total. The van der Waals surface area contributed by atoms with E-state index in [0.29, 0.717) is 5.76 Å². The van der Waals surface area contributed by atoms with Crippen molar-refractivity contribution in [2.45, 2.75) is 19.4 Å². The summed E-state index contributed by atoms with van der Waals surface area (Å²) in [5.74, 6) is 0.926. The van der Waals surface area contributed by atoms with Gasteiger partial charge in [-0.25, -0.2) is 0 Å². The highest BCUT2D eigenvalue weighted by molar-refractivity contribution is 6.05. The molecular weight excluding hydrogens is 242 g/mol. The molecule has 98 valence electrons. The number of imide groups is 1. The number of rotatable bonds is 2. The van der Waals surface area contributed by atoms with Gasteiger partial charge in [-0.3, -0.25) is 14.5 Å². The summed E-state index contributed by atoms with van der Waals surface area (Å²) in [5.41, 5.74) is 0. The molecule has 0 radical (unpaired) electrons. The van der Waals surface area contributed by atoms with E-state index in [1.54, 1.807) is 18.4 Å². The van der Waals surface area contributed by atoms with E-state index in [0.717, 1.165) is 12.8 Å². The molecule has 2 heterocycles. The van der Waals surface area contributed by atoms with Crippen LogP contribution in [0, 0.1) is 23.7 Å². The summed E-state index contributed by atoms with van der Waals surface area (Å²) in [6.45, 7) is 0.275. The fourth-order valence-electron chi connectivity index (χ4n) is 3.85. The Morgan fingerprint density at radius 2 is 1.74 bits per heavy atom. The van der Waals surface area contributed by atoms with E-state index in [1.807, 2.05) is 0 Å². The van der Waals surface area contributed by atoms with Gasteiger partial charge in [-0.1, -0.05) is 12.2 Å². The highest BCUT2D eigenvalue weighted by atomic mass is 16.3. The first-order valence-corrected chi connectivity index (χ1v) is 6.81. The van der Waals surface area contributed by atoms with E-state index in [1.165, 1.54) is 4.90 Å². The number of carbonyl (C=O) groups excluding carboxylic acids is 2. The number of amides is 2. The van der Waals surface area contributed by atoms with E-state index in [2.05, 4.69) is 12.2 Å². The number of hydrogen-bond donors (Lipinski definition) is 0. The second-order valence-electron chi connectivity index (χ2n) is 5.68. The Morgan fingerprint density at radius 3 is 2.21 bits per heavy atom. The third-order valence-electron chi connectivity index (χ3n) is 4.74. The molecule has 1 saturated heterocycles. The number of likely N-dealkylation sites (tertiary alicyclic amines) is 1. The minimum atomic E-state index is -0.119. The summed E-state index contributed by atoms with van der Waals surface area (Å²) >= 11 is 0. The van der Waals surface area contributed by atoms with Gasteiger partial charge in [0.2, 0.25) is 11.8 Å². The van der Waals surface area contributed by atoms with Gasteiger partial charge in [0, 0.05) is 0 Å². The van der Waals surface area contributed by atoms with E-state index >= 15 is 0 Å². The van der Waals surface area contributed by atoms with Crippen LogP contribution in [0.3, 0.4) is 0 Å². The second kappa shape index (κ2) is 3.83. The summed E-state index contributed by atoms with van der Waals surface area (Å²) < 4.78 is 5.25. The third-order valence-corrected chi connectivity index (χ3v) is 4.74. The van der Waals surface area contributed by atoms with Crippen LogP contribution in [-0.2, 0) is 16.1 Å². The predicted molar refractivity (Wildman–Crippen MR) is 66.6 cm³/mol. The summed E-state index contributed by atoms with van der Waals surface area (Å²) in [6, 6.07) is 3.58. The summed E-state index contributed by atoms with van der Waals surface area (Å²) in [6.07, 6.45) is 7.92. The van der Waals surface area contributed by atoms with Crippen LogP contribution in [0.2, 0.25) is 0 Å². The van der Waals surface area contributed by atoms with E-state index in [-0.39, 0.29) is 42.0 Å². The van der Waals surface area contributed by atoms with Gasteiger partial charge in [-0.05, 0) is 36.8 Å². The number of hydrogen-bond acceptors (Lipinski definition) is 3. The smallest absolute Gasteiger partial charge is 0.234 e. The molecule has 0 N–H and O–H groups in total. The predicted octanol–water partition coefficient (Wildman–Crippen LogP) is 1.98. The van der Waals surface area contributed by atoms with Crippen molar-refractivity contribution < 1.29 is 14.0 Å². The minimum Gasteiger partial charge on any atom is -0.467 e. The van der Waals surface area contributed by atoms with Crippen molar-refractivity contribution >= 4 is 11.8 Å². The van der Waals surface area contributed by atoms with Crippen LogP contribution in [-0.4, -0.2) is 16.7 Å². The normalized spacial score (nSPS) is 36.1. The zero-order chi connectivity index (χ0) is 13.0. The Labute approximate surface area is 111 Å². The summed E-state index contributed by atoms with van der Waals surface area (Å²) in [5, 5.41) is 0. The fraction of sp³-hybridized carbons (Fsp3) is 0.467. The molecule has 2 amide bonds. The van der Waals surface area contributed by atoms with Gasteiger partial charge in [0.05, 0.1) is 24.6 Å². The van der Waals surface area contributed by atoms with Crippen LogP contribution in [0.5, 0.6) is 0 Å². The monoisotopic (exact) mass is 257 g/mol. The van der Waals surface area contributed by atoms with Gasteiger partial charge in [0.15, 0.2) is 0 Å². The fourth-order valence-corrected chi connectivity index (χ4v) is 3.85. The highest BCUT2D eigenvalue weighted by Crippen LogP contribution is 2.49. The molecule has 2 fully saturated rings. The van der Waals surface area contributed by atoms with E-state index < -0.39 is 0 Å². The second-order valence-corrected chi connectivity index (χ2v) is 5.68. The van der Waals surface area contributed by atoms with E-state index in [4.69, 9.17) is 4.42 Å². The van der Waals surface area contributed by atoms with Gasteiger partial charge in [0.1, 0.15) is 5.76 Å². The average molecular weight is 257 g/mol. The van der Waals surface area contributed by atoms with Crippen LogP contribution in [0.15, 0.2) is 35.0 Å². The number of furan rings is 1. The third kappa shape index (κ3) is 1.46. The topological polar surface area (TPSA) is 50.5 Å². The first-order valence-electron chi connectivity index (χ1n) is 6.81. The zero-order valence-electron chi connectivity index (χ0n) is 10.5. The van der Waals surface area contributed by atoms with Crippen molar-refractivity contribution in [3.8, 4) is 0 Å². The minimum absolute atomic E-state index is 0.00884. The molecule has 0 aromatic carbocycles. The van der Waals surface area contributed by atoms with E-state index in [9.17, 15) is 9.59 Å². The number of carbonyl (C=O) groups is 2. The molecular formula is C15H15NO3. The maximum absolute atomic E-state index is 12.5. The quantitative estimate of drug-likeness (QED) is 0.601. The Morgan fingerprint density at radius 1 is 1.11 bits per heavy atom. The average Bonchev–Trinajstić information content (AvgIpc) is 3.04. The molecule has 1 saturated carbocycles. The SMILES string of the molecule is O=C1[C@@H]2[C@H](C(=O)N1Cc1ccco1)[C@@H]1C=C[C@@H]2CC1. The molecule has 3 aliphatic carbocycles. The Hall–Kier alpha value is -1.84. The van der Waals surface area contributed by atoms with Gasteiger partial charge < -0.3 is 4.42 Å². The van der Waals surface area contributed by atoms with Crippen molar-refractivity contribution in [3.05, 3.63) is 36.3 Å².